The normalized spacial score (nSPS) is 10.1. The molecule has 1 aromatic carbocycles. The molecule has 2 aromatic rings. The molecular formula is C13H9BrN2O4. The maximum absolute atomic E-state index is 11.5. The summed E-state index contributed by atoms with van der Waals surface area (Å²) in [6.45, 7) is 1.40. The fourth-order valence-electron chi connectivity index (χ4n) is 1.53. The van der Waals surface area contributed by atoms with Gasteiger partial charge in [-0.25, -0.2) is 4.98 Å². The number of hydrogen-bond acceptors (Lipinski definition) is 5. The second-order valence-electron chi connectivity index (χ2n) is 3.89. The van der Waals surface area contributed by atoms with Crippen LogP contribution < -0.4 is 4.74 Å². The topological polar surface area (TPSA) is 82.3 Å². The van der Waals surface area contributed by atoms with E-state index in [2.05, 4.69) is 20.9 Å². The van der Waals surface area contributed by atoms with Crippen LogP contribution in [0, 0.1) is 10.1 Å². The van der Waals surface area contributed by atoms with Crippen LogP contribution >= 0.6 is 15.9 Å². The Balaban J connectivity index is 2.42. The lowest BCUT2D eigenvalue weighted by Crippen LogP contribution is -1.99. The van der Waals surface area contributed by atoms with E-state index in [0.29, 0.717) is 10.0 Å². The van der Waals surface area contributed by atoms with E-state index in [9.17, 15) is 14.9 Å². The molecule has 0 fully saturated rings. The summed E-state index contributed by atoms with van der Waals surface area (Å²) >= 11 is 3.24. The number of carbonyl (C=O) groups excluding carboxylic acids is 1. The highest BCUT2D eigenvalue weighted by atomic mass is 79.9. The number of hydrogen-bond donors (Lipinski definition) is 0. The van der Waals surface area contributed by atoms with E-state index >= 15 is 0 Å². The van der Waals surface area contributed by atoms with Gasteiger partial charge in [-0.15, -0.1) is 0 Å². The van der Waals surface area contributed by atoms with Crippen LogP contribution in [0.1, 0.15) is 17.3 Å². The highest BCUT2D eigenvalue weighted by Gasteiger charge is 2.15. The number of nitro groups is 1. The number of Topliss-reactive ketones (excluding diaryl/α,β-unsaturated/α-hetero) is 1. The van der Waals surface area contributed by atoms with Gasteiger partial charge in [0, 0.05) is 12.3 Å². The third-order valence-electron chi connectivity index (χ3n) is 2.48. The molecule has 20 heavy (non-hydrogen) atoms. The molecule has 0 N–H and O–H groups in total. The predicted octanol–water partition coefficient (Wildman–Crippen LogP) is 3.75. The highest BCUT2D eigenvalue weighted by molar-refractivity contribution is 9.10. The molecule has 2 rings (SSSR count). The maximum Gasteiger partial charge on any atom is 0.273 e. The van der Waals surface area contributed by atoms with Crippen LogP contribution in [0.4, 0.5) is 5.69 Å². The summed E-state index contributed by atoms with van der Waals surface area (Å²) < 4.78 is 6.04. The smallest absolute Gasteiger partial charge is 0.273 e. The average molecular weight is 337 g/mol. The van der Waals surface area contributed by atoms with Crippen molar-refractivity contribution >= 4 is 27.4 Å². The summed E-state index contributed by atoms with van der Waals surface area (Å²) in [5.41, 5.74) is 0.203. The van der Waals surface area contributed by atoms with Crippen molar-refractivity contribution in [1.29, 1.82) is 0 Å². The Bertz CT molecular complexity index is 688. The van der Waals surface area contributed by atoms with Crippen LogP contribution in [-0.4, -0.2) is 15.7 Å². The first-order valence-electron chi connectivity index (χ1n) is 5.57. The Morgan fingerprint density at radius 3 is 2.80 bits per heavy atom. The summed E-state index contributed by atoms with van der Waals surface area (Å²) in [7, 11) is 0. The quantitative estimate of drug-likeness (QED) is 0.482. The number of rotatable bonds is 4. The van der Waals surface area contributed by atoms with E-state index in [1.54, 1.807) is 12.1 Å². The third kappa shape index (κ3) is 3.00. The minimum Gasteiger partial charge on any atom is -0.437 e. The van der Waals surface area contributed by atoms with Crippen molar-refractivity contribution in [3.05, 3.63) is 56.7 Å². The van der Waals surface area contributed by atoms with Crippen LogP contribution in [0.2, 0.25) is 0 Å². The first kappa shape index (κ1) is 14.1. The van der Waals surface area contributed by atoms with E-state index in [0.717, 1.165) is 0 Å². The lowest BCUT2D eigenvalue weighted by Gasteiger charge is -2.09. The van der Waals surface area contributed by atoms with Crippen molar-refractivity contribution in [3.63, 3.8) is 0 Å². The lowest BCUT2D eigenvalue weighted by atomic mass is 10.2. The fraction of sp³-hybridized carbons (Fsp3) is 0.0769. The molecule has 1 aromatic heterocycles. The predicted molar refractivity (Wildman–Crippen MR) is 75.1 cm³/mol. The third-order valence-corrected chi connectivity index (χ3v) is 3.14. The van der Waals surface area contributed by atoms with Gasteiger partial charge >= 0.3 is 0 Å². The number of non-ortho nitro benzene ring substituents is 1. The van der Waals surface area contributed by atoms with Gasteiger partial charge < -0.3 is 4.74 Å². The van der Waals surface area contributed by atoms with Gasteiger partial charge in [-0.2, -0.15) is 0 Å². The maximum atomic E-state index is 11.5. The number of aromatic nitrogens is 1. The van der Waals surface area contributed by atoms with E-state index in [-0.39, 0.29) is 23.1 Å². The molecule has 0 unspecified atom stereocenters. The number of nitro benzene ring substituents is 1. The van der Waals surface area contributed by atoms with Crippen LogP contribution in [0.3, 0.4) is 0 Å². The fourth-order valence-corrected chi connectivity index (χ4v) is 1.86. The Hall–Kier alpha value is -2.28. The molecule has 0 radical (unpaired) electrons. The minimum absolute atomic E-state index is 0.108. The van der Waals surface area contributed by atoms with Gasteiger partial charge in [-0.1, -0.05) is 0 Å². The zero-order valence-corrected chi connectivity index (χ0v) is 12.0. The molecular weight excluding hydrogens is 328 g/mol. The van der Waals surface area contributed by atoms with Crippen molar-refractivity contribution in [2.45, 2.75) is 6.92 Å². The summed E-state index contributed by atoms with van der Waals surface area (Å²) in [4.78, 5) is 25.7. The van der Waals surface area contributed by atoms with Crippen LogP contribution in [0.5, 0.6) is 11.6 Å². The molecule has 0 bridgehead atoms. The second-order valence-corrected chi connectivity index (χ2v) is 4.74. The number of pyridine rings is 1. The van der Waals surface area contributed by atoms with Gasteiger partial charge in [0.1, 0.15) is 0 Å². The first-order chi connectivity index (χ1) is 9.49. The van der Waals surface area contributed by atoms with Crippen LogP contribution in [0.15, 0.2) is 41.0 Å². The number of nitrogens with zero attached hydrogens (tertiary/aromatic N) is 2. The van der Waals surface area contributed by atoms with E-state index < -0.39 is 4.92 Å². The lowest BCUT2D eigenvalue weighted by molar-refractivity contribution is -0.384. The van der Waals surface area contributed by atoms with Crippen molar-refractivity contribution in [2.24, 2.45) is 0 Å². The minimum atomic E-state index is -0.524. The molecule has 0 spiro atoms. The second kappa shape index (κ2) is 5.79. The van der Waals surface area contributed by atoms with E-state index in [4.69, 9.17) is 4.74 Å². The molecule has 0 aliphatic rings. The zero-order valence-electron chi connectivity index (χ0n) is 10.4. The molecule has 0 amide bonds. The molecule has 0 aliphatic carbocycles. The Kier molecular flexibility index (Phi) is 4.09. The molecule has 1 heterocycles. The van der Waals surface area contributed by atoms with E-state index in [1.165, 1.54) is 31.3 Å². The molecule has 7 heteroatoms. The van der Waals surface area contributed by atoms with Gasteiger partial charge in [0.05, 0.1) is 21.0 Å². The van der Waals surface area contributed by atoms with Crippen molar-refractivity contribution in [1.82, 2.24) is 4.98 Å². The standard InChI is InChI=1S/C13H9BrN2O4/c1-8(17)10-3-2-6-15-13(10)20-12-7-9(16(18)19)4-5-11(12)14/h2-7H,1H3. The molecule has 102 valence electrons. The highest BCUT2D eigenvalue weighted by Crippen LogP contribution is 2.33. The van der Waals surface area contributed by atoms with E-state index in [1.807, 2.05) is 0 Å². The largest absolute Gasteiger partial charge is 0.437 e. The first-order valence-corrected chi connectivity index (χ1v) is 6.36. The molecule has 6 nitrogen and oxygen atoms in total. The molecule has 0 saturated heterocycles. The summed E-state index contributed by atoms with van der Waals surface area (Å²) in [5.74, 6) is 0.135. The zero-order chi connectivity index (χ0) is 14.7. The summed E-state index contributed by atoms with van der Waals surface area (Å²) in [6, 6.07) is 7.32. The number of halogens is 1. The Morgan fingerprint density at radius 1 is 1.40 bits per heavy atom. The number of ether oxygens (including phenoxy) is 1. The molecule has 0 atom stereocenters. The van der Waals surface area contributed by atoms with Gasteiger partial charge in [0.25, 0.3) is 5.69 Å². The average Bonchev–Trinajstić information content (AvgIpc) is 2.41. The number of benzene rings is 1. The van der Waals surface area contributed by atoms with Gasteiger partial charge in [-0.3, -0.25) is 14.9 Å². The van der Waals surface area contributed by atoms with Crippen molar-refractivity contribution in [3.8, 4) is 11.6 Å². The Morgan fingerprint density at radius 2 is 2.15 bits per heavy atom. The monoisotopic (exact) mass is 336 g/mol. The summed E-state index contributed by atoms with van der Waals surface area (Å²) in [5, 5.41) is 10.8. The van der Waals surface area contributed by atoms with Gasteiger partial charge in [0.2, 0.25) is 5.88 Å². The summed E-state index contributed by atoms with van der Waals surface area (Å²) in [6.07, 6.45) is 1.48. The van der Waals surface area contributed by atoms with Gasteiger partial charge in [-0.05, 0) is 41.1 Å². The number of ketones is 1. The molecule has 0 aliphatic heterocycles. The van der Waals surface area contributed by atoms with Gasteiger partial charge in [0.15, 0.2) is 11.5 Å². The Labute approximate surface area is 122 Å². The van der Waals surface area contributed by atoms with Crippen molar-refractivity contribution < 1.29 is 14.5 Å². The molecule has 0 saturated carbocycles. The van der Waals surface area contributed by atoms with Crippen molar-refractivity contribution in [2.75, 3.05) is 0 Å². The SMILES string of the molecule is CC(=O)c1cccnc1Oc1cc([N+](=O)[O-])ccc1Br. The van der Waals surface area contributed by atoms with Crippen LogP contribution in [-0.2, 0) is 0 Å². The number of carbonyl (C=O) groups is 1. The van der Waals surface area contributed by atoms with Crippen LogP contribution in [0.25, 0.3) is 0 Å².